The van der Waals surface area contributed by atoms with Crippen molar-refractivity contribution in [2.75, 3.05) is 32.9 Å². The van der Waals surface area contributed by atoms with Gasteiger partial charge in [0.1, 0.15) is 11.6 Å². The van der Waals surface area contributed by atoms with Crippen LogP contribution in [0.1, 0.15) is 37.6 Å². The molecule has 1 aromatic heterocycles. The molecule has 1 atom stereocenters. The summed E-state index contributed by atoms with van der Waals surface area (Å²) in [5.74, 6) is 1.03. The van der Waals surface area contributed by atoms with E-state index in [-0.39, 0.29) is 24.0 Å². The molecule has 0 N–H and O–H groups in total. The van der Waals surface area contributed by atoms with Crippen LogP contribution in [-0.4, -0.2) is 59.6 Å². The lowest BCUT2D eigenvalue weighted by Crippen LogP contribution is -2.43. The molecule has 0 aliphatic carbocycles. The monoisotopic (exact) mass is 576 g/mol. The van der Waals surface area contributed by atoms with Crippen molar-refractivity contribution in [3.63, 3.8) is 0 Å². The van der Waals surface area contributed by atoms with Crippen LogP contribution in [0.4, 0.5) is 0 Å². The Balaban J connectivity index is 1.57. The first kappa shape index (κ1) is 26.1. The Hall–Kier alpha value is -3.56. The molecule has 196 valence electrons. The quantitative estimate of drug-likeness (QED) is 0.291. The van der Waals surface area contributed by atoms with Gasteiger partial charge in [0.15, 0.2) is 6.61 Å². The highest BCUT2D eigenvalue weighted by Gasteiger charge is 2.19. The Labute approximate surface area is 229 Å². The van der Waals surface area contributed by atoms with Crippen molar-refractivity contribution in [2.24, 2.45) is 5.10 Å². The van der Waals surface area contributed by atoms with E-state index < -0.39 is 0 Å². The number of rotatable bonds is 7. The van der Waals surface area contributed by atoms with Crippen LogP contribution < -0.4 is 10.3 Å². The van der Waals surface area contributed by atoms with Crippen LogP contribution in [-0.2, 0) is 9.53 Å². The molecule has 1 aliphatic rings. The maximum Gasteiger partial charge on any atom is 0.282 e. The number of nitrogens with zero attached hydrogens (tertiary/aromatic N) is 4. The van der Waals surface area contributed by atoms with Crippen LogP contribution in [0.25, 0.3) is 21.7 Å². The number of hydrogen-bond acceptors (Lipinski definition) is 6. The van der Waals surface area contributed by atoms with Gasteiger partial charge in [-0.1, -0.05) is 60.1 Å². The second-order valence-electron chi connectivity index (χ2n) is 9.28. The number of carbonyl (C=O) groups excluding carboxylic acids is 1. The van der Waals surface area contributed by atoms with E-state index in [1.54, 1.807) is 17.2 Å². The molecule has 0 radical (unpaired) electrons. The first-order valence-corrected chi connectivity index (χ1v) is 13.5. The number of carbonyl (C=O) groups is 1. The number of aromatic nitrogens is 2. The minimum Gasteiger partial charge on any atom is -0.483 e. The second kappa shape index (κ2) is 11.4. The summed E-state index contributed by atoms with van der Waals surface area (Å²) in [4.78, 5) is 32.8. The Kier molecular flexibility index (Phi) is 7.85. The molecule has 1 amide bonds. The SMILES string of the molecule is CC[C@@H](C)c1nc2ccc(Br)cc2c(=O)n1N=Cc1c(OCC(=O)N2CCOCC2)ccc2ccccc12. The zero-order valence-corrected chi connectivity index (χ0v) is 23.0. The Bertz CT molecular complexity index is 1580. The third-order valence-corrected chi connectivity index (χ3v) is 7.33. The van der Waals surface area contributed by atoms with E-state index in [1.807, 2.05) is 55.5 Å². The fourth-order valence-electron chi connectivity index (χ4n) is 4.47. The minimum absolute atomic E-state index is 0.0160. The van der Waals surface area contributed by atoms with Crippen LogP contribution in [0, 0.1) is 0 Å². The van der Waals surface area contributed by atoms with Gasteiger partial charge in [-0.25, -0.2) is 4.98 Å². The summed E-state index contributed by atoms with van der Waals surface area (Å²) in [5.41, 5.74) is 1.08. The topological polar surface area (TPSA) is 86.0 Å². The summed E-state index contributed by atoms with van der Waals surface area (Å²) in [6.45, 7) is 6.16. The Morgan fingerprint density at radius 1 is 1.16 bits per heavy atom. The van der Waals surface area contributed by atoms with Gasteiger partial charge < -0.3 is 14.4 Å². The average molecular weight is 577 g/mol. The number of morpholine rings is 1. The van der Waals surface area contributed by atoms with Gasteiger partial charge in [0.05, 0.1) is 30.3 Å². The molecule has 0 spiro atoms. The number of hydrogen-bond donors (Lipinski definition) is 0. The van der Waals surface area contributed by atoms with Gasteiger partial charge >= 0.3 is 0 Å². The number of fused-ring (bicyclic) bond motifs is 2. The van der Waals surface area contributed by atoms with Crippen molar-refractivity contribution in [3.05, 3.63) is 80.8 Å². The maximum atomic E-state index is 13.6. The van der Waals surface area contributed by atoms with E-state index in [0.29, 0.717) is 54.3 Å². The van der Waals surface area contributed by atoms with Crippen LogP contribution in [0.3, 0.4) is 0 Å². The van der Waals surface area contributed by atoms with Gasteiger partial charge in [-0.15, -0.1) is 0 Å². The predicted molar refractivity (Wildman–Crippen MR) is 152 cm³/mol. The second-order valence-corrected chi connectivity index (χ2v) is 10.2. The summed E-state index contributed by atoms with van der Waals surface area (Å²) >= 11 is 3.45. The molecule has 4 aromatic rings. The average Bonchev–Trinajstić information content (AvgIpc) is 2.95. The molecular formula is C29H29BrN4O4. The van der Waals surface area contributed by atoms with E-state index in [9.17, 15) is 9.59 Å². The van der Waals surface area contributed by atoms with Gasteiger partial charge in [0.25, 0.3) is 11.5 Å². The highest BCUT2D eigenvalue weighted by Crippen LogP contribution is 2.27. The lowest BCUT2D eigenvalue weighted by atomic mass is 10.0. The normalized spacial score (nSPS) is 14.9. The first-order chi connectivity index (χ1) is 18.5. The highest BCUT2D eigenvalue weighted by molar-refractivity contribution is 9.10. The van der Waals surface area contributed by atoms with Crippen molar-refractivity contribution < 1.29 is 14.3 Å². The third-order valence-electron chi connectivity index (χ3n) is 6.83. The Morgan fingerprint density at radius 2 is 1.95 bits per heavy atom. The van der Waals surface area contributed by atoms with Crippen LogP contribution in [0.5, 0.6) is 5.75 Å². The van der Waals surface area contributed by atoms with Gasteiger partial charge in [-0.3, -0.25) is 9.59 Å². The molecule has 0 unspecified atom stereocenters. The molecule has 0 bridgehead atoms. The van der Waals surface area contributed by atoms with E-state index >= 15 is 0 Å². The van der Waals surface area contributed by atoms with E-state index in [2.05, 4.69) is 28.0 Å². The minimum atomic E-state index is -0.243. The summed E-state index contributed by atoms with van der Waals surface area (Å²) < 4.78 is 13.6. The summed E-state index contributed by atoms with van der Waals surface area (Å²) in [6.07, 6.45) is 2.44. The van der Waals surface area contributed by atoms with Crippen molar-refractivity contribution in [2.45, 2.75) is 26.2 Å². The summed E-state index contributed by atoms with van der Waals surface area (Å²) in [7, 11) is 0. The van der Waals surface area contributed by atoms with Crippen molar-refractivity contribution in [1.82, 2.24) is 14.6 Å². The molecule has 0 saturated carbocycles. The molecule has 5 rings (SSSR count). The molecule has 9 heteroatoms. The molecule has 38 heavy (non-hydrogen) atoms. The highest BCUT2D eigenvalue weighted by atomic mass is 79.9. The van der Waals surface area contributed by atoms with Gasteiger partial charge in [0, 0.05) is 29.0 Å². The smallest absolute Gasteiger partial charge is 0.282 e. The van der Waals surface area contributed by atoms with Crippen LogP contribution in [0.2, 0.25) is 0 Å². The zero-order chi connectivity index (χ0) is 26.6. The van der Waals surface area contributed by atoms with Crippen LogP contribution >= 0.6 is 15.9 Å². The lowest BCUT2D eigenvalue weighted by Gasteiger charge is -2.26. The zero-order valence-electron chi connectivity index (χ0n) is 21.4. The van der Waals surface area contributed by atoms with Gasteiger partial charge in [-0.2, -0.15) is 9.78 Å². The molecule has 2 heterocycles. The fourth-order valence-corrected chi connectivity index (χ4v) is 4.83. The summed E-state index contributed by atoms with van der Waals surface area (Å²) in [5, 5.41) is 7.04. The lowest BCUT2D eigenvalue weighted by molar-refractivity contribution is -0.137. The van der Waals surface area contributed by atoms with Crippen molar-refractivity contribution >= 4 is 49.7 Å². The maximum absolute atomic E-state index is 13.6. The number of amides is 1. The molecule has 3 aromatic carbocycles. The number of halogens is 1. The van der Waals surface area contributed by atoms with E-state index in [0.717, 1.165) is 21.7 Å². The van der Waals surface area contributed by atoms with Crippen LogP contribution in [0.15, 0.2) is 69.0 Å². The van der Waals surface area contributed by atoms with Crippen molar-refractivity contribution in [1.29, 1.82) is 0 Å². The van der Waals surface area contributed by atoms with E-state index in [4.69, 9.17) is 14.5 Å². The molecular weight excluding hydrogens is 548 g/mol. The largest absolute Gasteiger partial charge is 0.483 e. The predicted octanol–water partition coefficient (Wildman–Crippen LogP) is 4.95. The Morgan fingerprint density at radius 3 is 2.74 bits per heavy atom. The van der Waals surface area contributed by atoms with Crippen molar-refractivity contribution in [3.8, 4) is 5.75 Å². The number of ether oxygens (including phenoxy) is 2. The summed E-state index contributed by atoms with van der Waals surface area (Å²) in [6, 6.07) is 17.1. The molecule has 8 nitrogen and oxygen atoms in total. The first-order valence-electron chi connectivity index (χ1n) is 12.7. The molecule has 1 fully saturated rings. The standard InChI is InChI=1S/C29H29BrN4O4/c1-3-19(2)28-32-25-10-9-21(30)16-23(25)29(36)34(28)31-17-24-22-7-5-4-6-20(22)8-11-26(24)38-18-27(35)33-12-14-37-15-13-33/h4-11,16-17,19H,3,12-15,18H2,1-2H3/t19-/m1/s1. The van der Waals surface area contributed by atoms with Gasteiger partial charge in [-0.05, 0) is 41.5 Å². The third kappa shape index (κ3) is 5.35. The fraction of sp³-hybridized carbons (Fsp3) is 0.310. The molecule has 1 saturated heterocycles. The number of benzene rings is 3. The van der Waals surface area contributed by atoms with E-state index in [1.165, 1.54) is 4.68 Å². The molecule has 1 aliphatic heterocycles. The van der Waals surface area contributed by atoms with Gasteiger partial charge in [0.2, 0.25) is 0 Å².